The van der Waals surface area contributed by atoms with Crippen LogP contribution in [0.5, 0.6) is 0 Å². The van der Waals surface area contributed by atoms with Crippen molar-refractivity contribution in [2.24, 2.45) is 17.8 Å². The molecule has 0 rings (SSSR count). The molecule has 0 bridgehead atoms. The van der Waals surface area contributed by atoms with E-state index in [-0.39, 0.29) is 0 Å². The number of hydrogen-bond donors (Lipinski definition) is 3. The Balaban J connectivity index is 4.62. The molecule has 0 aromatic rings. The molecule has 7 nitrogen and oxygen atoms in total. The minimum absolute atomic E-state index is 0.482. The summed E-state index contributed by atoms with van der Waals surface area (Å²) < 4.78 is 0.605. The molecular formula is C34H64NO6+. The molecule has 3 N–H and O–H groups in total. The van der Waals surface area contributed by atoms with Crippen LogP contribution in [0.2, 0.25) is 0 Å². The molecule has 0 aromatic carbocycles. The summed E-state index contributed by atoms with van der Waals surface area (Å²) in [6, 6.07) is 0. The van der Waals surface area contributed by atoms with Gasteiger partial charge in [-0.25, -0.2) is 0 Å². The molecule has 0 saturated carbocycles. The summed E-state index contributed by atoms with van der Waals surface area (Å²) in [5, 5.41) is 28.3. The lowest BCUT2D eigenvalue weighted by molar-refractivity contribution is -0.929. The highest BCUT2D eigenvalue weighted by Crippen LogP contribution is 2.22. The Kier molecular flexibility index (Phi) is 23.5. The summed E-state index contributed by atoms with van der Waals surface area (Å²) in [7, 11) is 0. The van der Waals surface area contributed by atoms with Crippen molar-refractivity contribution in [1.29, 1.82) is 0 Å². The van der Waals surface area contributed by atoms with E-state index in [2.05, 4.69) is 19.1 Å². The standard InChI is InChI=1S/C34H63NO6/c1-5-6-7-8-9-10-11-12-13-14-15-16-17-18-19-20-21-25-35(26-22-29(2)32(36)37,27-23-30(3)33(38)39)28-24-31(4)34(40)41/h14-15,29-31H,5-13,16-28H2,1-4H3,(H2-,36,37,38,39,40,41)/p+1/b15-14+. The highest BCUT2D eigenvalue weighted by molar-refractivity contribution is 5.70. The highest BCUT2D eigenvalue weighted by Gasteiger charge is 2.31. The van der Waals surface area contributed by atoms with Crippen LogP contribution in [0.1, 0.15) is 143 Å². The number of allylic oxidation sites excluding steroid dienone is 2. The fraction of sp³-hybridized carbons (Fsp3) is 0.853. The second-order valence-electron chi connectivity index (χ2n) is 12.6. The first-order valence-electron chi connectivity index (χ1n) is 16.7. The molecule has 0 fully saturated rings. The van der Waals surface area contributed by atoms with Crippen molar-refractivity contribution in [3.8, 4) is 0 Å². The van der Waals surface area contributed by atoms with E-state index in [1.807, 2.05) is 0 Å². The molecule has 0 aliphatic carbocycles. The van der Waals surface area contributed by atoms with E-state index in [1.165, 1.54) is 70.6 Å². The number of rotatable bonds is 29. The Morgan fingerprint density at radius 2 is 0.829 bits per heavy atom. The summed E-state index contributed by atoms with van der Waals surface area (Å²) in [6.45, 7) is 10.1. The second-order valence-corrected chi connectivity index (χ2v) is 12.6. The number of carboxylic acids is 3. The maximum Gasteiger partial charge on any atom is 0.306 e. The third kappa shape index (κ3) is 21.5. The predicted molar refractivity (Wildman–Crippen MR) is 168 cm³/mol. The first kappa shape index (κ1) is 39.1. The number of nitrogens with zero attached hydrogens (tertiary/aromatic N) is 1. The minimum atomic E-state index is -0.826. The van der Waals surface area contributed by atoms with Gasteiger partial charge in [0.15, 0.2) is 0 Å². The Morgan fingerprint density at radius 3 is 1.17 bits per heavy atom. The number of quaternary nitrogens is 1. The van der Waals surface area contributed by atoms with Crippen LogP contribution < -0.4 is 0 Å². The van der Waals surface area contributed by atoms with Gasteiger partial charge < -0.3 is 19.8 Å². The average molecular weight is 583 g/mol. The van der Waals surface area contributed by atoms with Gasteiger partial charge in [0.05, 0.1) is 43.9 Å². The van der Waals surface area contributed by atoms with Crippen LogP contribution in [-0.4, -0.2) is 63.9 Å². The summed E-state index contributed by atoms with van der Waals surface area (Å²) >= 11 is 0. The molecule has 0 amide bonds. The molecule has 3 atom stereocenters. The van der Waals surface area contributed by atoms with Crippen LogP contribution in [-0.2, 0) is 14.4 Å². The molecule has 0 spiro atoms. The largest absolute Gasteiger partial charge is 0.481 e. The molecule has 0 saturated heterocycles. The maximum absolute atomic E-state index is 11.5. The van der Waals surface area contributed by atoms with Crippen molar-refractivity contribution in [1.82, 2.24) is 0 Å². The van der Waals surface area contributed by atoms with E-state index in [9.17, 15) is 29.7 Å². The monoisotopic (exact) mass is 582 g/mol. The van der Waals surface area contributed by atoms with Gasteiger partial charge >= 0.3 is 17.9 Å². The number of carbonyl (C=O) groups is 3. The van der Waals surface area contributed by atoms with Gasteiger partial charge in [-0.2, -0.15) is 0 Å². The second kappa shape index (κ2) is 24.7. The molecule has 0 aromatic heterocycles. The first-order chi connectivity index (χ1) is 19.5. The Bertz CT molecular complexity index is 662. The van der Waals surface area contributed by atoms with Gasteiger partial charge in [-0.1, -0.05) is 97.6 Å². The predicted octanol–water partition coefficient (Wildman–Crippen LogP) is 8.56. The van der Waals surface area contributed by atoms with Gasteiger partial charge in [0.1, 0.15) is 0 Å². The molecule has 0 aliphatic heterocycles. The zero-order valence-electron chi connectivity index (χ0n) is 27.0. The van der Waals surface area contributed by atoms with Crippen LogP contribution in [0.3, 0.4) is 0 Å². The summed E-state index contributed by atoms with van der Waals surface area (Å²) in [6.07, 6.45) is 25.0. The third-order valence-corrected chi connectivity index (χ3v) is 8.77. The molecule has 7 heteroatoms. The third-order valence-electron chi connectivity index (χ3n) is 8.77. The van der Waals surface area contributed by atoms with E-state index >= 15 is 0 Å². The topological polar surface area (TPSA) is 112 Å². The summed E-state index contributed by atoms with van der Waals surface area (Å²) in [5.74, 6) is -3.92. The SMILES string of the molecule is CCCCCCCCCC/C=C/CCCCCCC[N+](CCC(C)C(=O)O)(CCC(C)C(=O)O)CCC(C)C(=O)O. The molecule has 0 heterocycles. The van der Waals surface area contributed by atoms with E-state index in [0.29, 0.717) is 43.4 Å². The average Bonchev–Trinajstić information content (AvgIpc) is 2.94. The van der Waals surface area contributed by atoms with Gasteiger partial charge in [-0.3, -0.25) is 14.4 Å². The molecular weight excluding hydrogens is 518 g/mol. The van der Waals surface area contributed by atoms with Crippen molar-refractivity contribution in [2.75, 3.05) is 26.2 Å². The van der Waals surface area contributed by atoms with Crippen molar-refractivity contribution in [3.63, 3.8) is 0 Å². The Hall–Kier alpha value is -1.89. The van der Waals surface area contributed by atoms with E-state index < -0.39 is 35.7 Å². The number of carboxylic acid groups (broad SMARTS) is 3. The van der Waals surface area contributed by atoms with Gasteiger partial charge in [-0.05, 0) is 38.5 Å². The van der Waals surface area contributed by atoms with Crippen molar-refractivity contribution >= 4 is 17.9 Å². The fourth-order valence-electron chi connectivity index (χ4n) is 5.32. The molecule has 0 radical (unpaired) electrons. The van der Waals surface area contributed by atoms with Crippen molar-refractivity contribution < 1.29 is 34.2 Å². The van der Waals surface area contributed by atoms with Crippen molar-refractivity contribution in [3.05, 3.63) is 12.2 Å². The highest BCUT2D eigenvalue weighted by atomic mass is 16.4. The van der Waals surface area contributed by atoms with Crippen LogP contribution in [0, 0.1) is 17.8 Å². The first-order valence-corrected chi connectivity index (χ1v) is 16.7. The van der Waals surface area contributed by atoms with Crippen LogP contribution >= 0.6 is 0 Å². The quantitative estimate of drug-likeness (QED) is 0.0463. The lowest BCUT2D eigenvalue weighted by Gasteiger charge is -2.40. The van der Waals surface area contributed by atoms with E-state index in [0.717, 1.165) is 32.2 Å². The Labute approximate surface area is 251 Å². The lowest BCUT2D eigenvalue weighted by atomic mass is 10.0. The number of unbranched alkanes of at least 4 members (excludes halogenated alkanes) is 13. The molecule has 41 heavy (non-hydrogen) atoms. The van der Waals surface area contributed by atoms with E-state index in [1.54, 1.807) is 20.8 Å². The fourth-order valence-corrected chi connectivity index (χ4v) is 5.32. The smallest absolute Gasteiger partial charge is 0.306 e. The van der Waals surface area contributed by atoms with Gasteiger partial charge in [0.25, 0.3) is 0 Å². The van der Waals surface area contributed by atoms with Crippen LogP contribution in [0.4, 0.5) is 0 Å². The van der Waals surface area contributed by atoms with Gasteiger partial charge in [0, 0.05) is 19.3 Å². The summed E-state index contributed by atoms with van der Waals surface area (Å²) in [4.78, 5) is 34.5. The zero-order valence-corrected chi connectivity index (χ0v) is 27.0. The lowest BCUT2D eigenvalue weighted by Crippen LogP contribution is -2.52. The normalized spacial score (nSPS) is 15.4. The van der Waals surface area contributed by atoms with Gasteiger partial charge in [-0.15, -0.1) is 0 Å². The minimum Gasteiger partial charge on any atom is -0.481 e. The number of hydrogen-bond acceptors (Lipinski definition) is 3. The maximum atomic E-state index is 11.5. The zero-order chi connectivity index (χ0) is 30.9. The number of aliphatic carboxylic acids is 3. The van der Waals surface area contributed by atoms with E-state index in [4.69, 9.17) is 0 Å². The summed E-state index contributed by atoms with van der Waals surface area (Å²) in [5.41, 5.74) is 0. The van der Waals surface area contributed by atoms with Crippen LogP contribution in [0.25, 0.3) is 0 Å². The Morgan fingerprint density at radius 1 is 0.512 bits per heavy atom. The van der Waals surface area contributed by atoms with Crippen LogP contribution in [0.15, 0.2) is 12.2 Å². The molecule has 0 aliphatic rings. The van der Waals surface area contributed by atoms with Gasteiger partial charge in [0.2, 0.25) is 0 Å². The molecule has 3 unspecified atom stereocenters. The molecule has 240 valence electrons. The van der Waals surface area contributed by atoms with Crippen molar-refractivity contribution in [2.45, 2.75) is 143 Å².